The van der Waals surface area contributed by atoms with Gasteiger partial charge in [-0.15, -0.1) is 0 Å². The maximum absolute atomic E-state index is 5.75. The Labute approximate surface area is 92.4 Å². The van der Waals surface area contributed by atoms with Gasteiger partial charge in [-0.3, -0.25) is 9.36 Å². The normalized spacial score (nSPS) is 10.8. The number of halogens is 1. The molecule has 2 aromatic rings. The molecule has 0 radical (unpaired) electrons. The number of nitrogens with two attached hydrogens (primary N) is 1. The molecule has 0 saturated carbocycles. The maximum Gasteiger partial charge on any atom is 0.0822 e. The molecule has 15 heavy (non-hydrogen) atoms. The zero-order valence-electron chi connectivity index (χ0n) is 8.39. The van der Waals surface area contributed by atoms with E-state index in [1.807, 2.05) is 13.1 Å². The molecule has 5 nitrogen and oxygen atoms in total. The summed E-state index contributed by atoms with van der Waals surface area (Å²) in [5.74, 6) is 0. The molecule has 80 valence electrons. The van der Waals surface area contributed by atoms with Crippen LogP contribution in [-0.2, 0) is 13.1 Å². The van der Waals surface area contributed by atoms with E-state index in [0.29, 0.717) is 10.7 Å². The van der Waals surface area contributed by atoms with E-state index in [0.717, 1.165) is 18.8 Å². The molecule has 0 bridgehead atoms. The fourth-order valence-corrected chi connectivity index (χ4v) is 1.47. The molecule has 2 rings (SSSR count). The van der Waals surface area contributed by atoms with Gasteiger partial charge in [-0.1, -0.05) is 11.6 Å². The molecule has 0 unspecified atom stereocenters. The molecule has 0 atom stereocenters. The molecular weight excluding hydrogens is 214 g/mol. The highest BCUT2D eigenvalue weighted by Crippen LogP contribution is 2.07. The number of hydrogen-bond donors (Lipinski definition) is 1. The van der Waals surface area contributed by atoms with Crippen molar-refractivity contribution in [2.45, 2.75) is 20.0 Å². The van der Waals surface area contributed by atoms with E-state index < -0.39 is 0 Å². The predicted molar refractivity (Wildman–Crippen MR) is 58.6 cm³/mol. The lowest BCUT2D eigenvalue weighted by Gasteiger charge is -2.01. The van der Waals surface area contributed by atoms with E-state index >= 15 is 0 Å². The minimum Gasteiger partial charge on any atom is -0.396 e. The molecule has 6 heteroatoms. The summed E-state index contributed by atoms with van der Waals surface area (Å²) in [6.45, 7) is 3.35. The molecule has 0 fully saturated rings. The van der Waals surface area contributed by atoms with Gasteiger partial charge in [0, 0.05) is 12.4 Å². The largest absolute Gasteiger partial charge is 0.396 e. The number of aromatic nitrogens is 4. The van der Waals surface area contributed by atoms with Crippen molar-refractivity contribution in [3.05, 3.63) is 29.3 Å². The molecule has 0 aromatic carbocycles. The molecule has 2 heterocycles. The number of hydrogen-bond acceptors (Lipinski definition) is 3. The highest BCUT2D eigenvalue weighted by molar-refractivity contribution is 6.30. The van der Waals surface area contributed by atoms with Gasteiger partial charge < -0.3 is 5.73 Å². The smallest absolute Gasteiger partial charge is 0.0822 e. The predicted octanol–water partition coefficient (Wildman–Crippen LogP) is 1.32. The zero-order chi connectivity index (χ0) is 10.8. The van der Waals surface area contributed by atoms with Gasteiger partial charge in [0.15, 0.2) is 0 Å². The molecule has 0 aliphatic heterocycles. The number of nitrogens with zero attached hydrogens (tertiary/aromatic N) is 4. The van der Waals surface area contributed by atoms with Gasteiger partial charge >= 0.3 is 0 Å². The van der Waals surface area contributed by atoms with Crippen molar-refractivity contribution < 1.29 is 0 Å². The first-order valence-corrected chi connectivity index (χ1v) is 5.00. The van der Waals surface area contributed by atoms with Crippen molar-refractivity contribution in [3.63, 3.8) is 0 Å². The highest BCUT2D eigenvalue weighted by atomic mass is 35.5. The summed E-state index contributed by atoms with van der Waals surface area (Å²) in [6.07, 6.45) is 5.21. The molecule has 0 saturated heterocycles. The Morgan fingerprint density at radius 3 is 2.60 bits per heavy atom. The lowest BCUT2D eigenvalue weighted by atomic mass is 10.4. The van der Waals surface area contributed by atoms with E-state index in [4.69, 9.17) is 17.3 Å². The number of nitrogen functional groups attached to an aromatic ring is 1. The SMILES string of the molecule is Cc1nn(CCn2cc(Cl)cn2)cc1N. The van der Waals surface area contributed by atoms with Crippen LogP contribution in [0.1, 0.15) is 5.69 Å². The van der Waals surface area contributed by atoms with Crippen LogP contribution in [0.4, 0.5) is 5.69 Å². The van der Waals surface area contributed by atoms with E-state index in [9.17, 15) is 0 Å². The second-order valence-electron chi connectivity index (χ2n) is 3.35. The lowest BCUT2D eigenvalue weighted by Crippen LogP contribution is -2.08. The van der Waals surface area contributed by atoms with Crippen LogP contribution in [0.5, 0.6) is 0 Å². The summed E-state index contributed by atoms with van der Waals surface area (Å²) in [7, 11) is 0. The topological polar surface area (TPSA) is 61.7 Å². The molecule has 0 aliphatic rings. The minimum atomic E-state index is 0.645. The van der Waals surface area contributed by atoms with Crippen LogP contribution < -0.4 is 5.73 Å². The quantitative estimate of drug-likeness (QED) is 0.857. The molecule has 0 spiro atoms. The Kier molecular flexibility index (Phi) is 2.64. The zero-order valence-corrected chi connectivity index (χ0v) is 9.15. The van der Waals surface area contributed by atoms with Crippen molar-refractivity contribution >= 4 is 17.3 Å². The first-order chi connectivity index (χ1) is 7.15. The Bertz CT molecular complexity index is 439. The van der Waals surface area contributed by atoms with Gasteiger partial charge in [0.2, 0.25) is 0 Å². The lowest BCUT2D eigenvalue weighted by molar-refractivity contribution is 0.498. The summed E-state index contributed by atoms with van der Waals surface area (Å²) >= 11 is 5.75. The summed E-state index contributed by atoms with van der Waals surface area (Å²) < 4.78 is 3.58. The van der Waals surface area contributed by atoms with E-state index in [1.165, 1.54) is 0 Å². The van der Waals surface area contributed by atoms with Gasteiger partial charge in [-0.05, 0) is 6.92 Å². The maximum atomic E-state index is 5.75. The third kappa shape index (κ3) is 2.30. The van der Waals surface area contributed by atoms with Crippen molar-refractivity contribution in [2.75, 3.05) is 5.73 Å². The van der Waals surface area contributed by atoms with Gasteiger partial charge in [-0.2, -0.15) is 10.2 Å². The van der Waals surface area contributed by atoms with Crippen molar-refractivity contribution in [3.8, 4) is 0 Å². The average molecular weight is 226 g/mol. The molecule has 0 aliphatic carbocycles. The van der Waals surface area contributed by atoms with Gasteiger partial charge in [0.1, 0.15) is 0 Å². The van der Waals surface area contributed by atoms with E-state index in [-0.39, 0.29) is 0 Å². The number of rotatable bonds is 3. The summed E-state index contributed by atoms with van der Waals surface area (Å²) in [5, 5.41) is 8.97. The summed E-state index contributed by atoms with van der Waals surface area (Å²) in [5.41, 5.74) is 7.26. The Hall–Kier alpha value is -1.49. The van der Waals surface area contributed by atoms with E-state index in [2.05, 4.69) is 10.2 Å². The Balaban J connectivity index is 1.99. The second kappa shape index (κ2) is 3.94. The third-order valence-electron chi connectivity index (χ3n) is 2.14. The average Bonchev–Trinajstić information content (AvgIpc) is 2.72. The van der Waals surface area contributed by atoms with Gasteiger partial charge in [-0.25, -0.2) is 0 Å². The van der Waals surface area contributed by atoms with Crippen LogP contribution in [-0.4, -0.2) is 19.6 Å². The van der Waals surface area contributed by atoms with Crippen LogP contribution in [0.15, 0.2) is 18.6 Å². The summed E-state index contributed by atoms with van der Waals surface area (Å²) in [4.78, 5) is 0. The van der Waals surface area contributed by atoms with Crippen LogP contribution in [0.25, 0.3) is 0 Å². The monoisotopic (exact) mass is 225 g/mol. The van der Waals surface area contributed by atoms with Crippen molar-refractivity contribution in [2.24, 2.45) is 0 Å². The molecule has 2 N–H and O–H groups in total. The number of anilines is 1. The fourth-order valence-electron chi connectivity index (χ4n) is 1.31. The fraction of sp³-hybridized carbons (Fsp3) is 0.333. The summed E-state index contributed by atoms with van der Waals surface area (Å²) in [6, 6.07) is 0. The van der Waals surface area contributed by atoms with Gasteiger partial charge in [0.25, 0.3) is 0 Å². The third-order valence-corrected chi connectivity index (χ3v) is 2.34. The van der Waals surface area contributed by atoms with Crippen LogP contribution >= 0.6 is 11.6 Å². The van der Waals surface area contributed by atoms with Crippen LogP contribution in [0.3, 0.4) is 0 Å². The second-order valence-corrected chi connectivity index (χ2v) is 3.79. The van der Waals surface area contributed by atoms with Crippen LogP contribution in [0, 0.1) is 6.92 Å². The molecular formula is C9H12ClN5. The first kappa shape index (κ1) is 10.0. The van der Waals surface area contributed by atoms with Crippen molar-refractivity contribution in [1.82, 2.24) is 19.6 Å². The van der Waals surface area contributed by atoms with Crippen LogP contribution in [0.2, 0.25) is 5.02 Å². The standard InChI is InChI=1S/C9H12ClN5/c1-7-9(11)6-15(13-7)3-2-14-5-8(10)4-12-14/h4-6H,2-3,11H2,1H3. The van der Waals surface area contributed by atoms with E-state index in [1.54, 1.807) is 21.8 Å². The highest BCUT2D eigenvalue weighted by Gasteiger charge is 2.01. The first-order valence-electron chi connectivity index (χ1n) is 4.62. The van der Waals surface area contributed by atoms with Crippen molar-refractivity contribution in [1.29, 1.82) is 0 Å². The number of aryl methyl sites for hydroxylation is 3. The molecule has 0 amide bonds. The molecule has 2 aromatic heterocycles. The Morgan fingerprint density at radius 2 is 2.07 bits per heavy atom. The minimum absolute atomic E-state index is 0.645. The Morgan fingerprint density at radius 1 is 1.33 bits per heavy atom. The van der Waals surface area contributed by atoms with Gasteiger partial charge in [0.05, 0.1) is 35.7 Å².